The summed E-state index contributed by atoms with van der Waals surface area (Å²) < 4.78 is 107. The van der Waals surface area contributed by atoms with Gasteiger partial charge >= 0.3 is 6.18 Å². The van der Waals surface area contributed by atoms with Gasteiger partial charge in [-0.3, -0.25) is 9.69 Å². The molecule has 2 aromatic rings. The molecule has 0 amide bonds. The van der Waals surface area contributed by atoms with Crippen LogP contribution in [0.1, 0.15) is 30.0 Å². The zero-order valence-corrected chi connectivity index (χ0v) is 17.8. The first kappa shape index (κ1) is 23.7. The molecule has 0 radical (unpaired) electrons. The Morgan fingerprint density at radius 3 is 2.21 bits per heavy atom. The van der Waals surface area contributed by atoms with Crippen LogP contribution in [0.2, 0.25) is 0 Å². The summed E-state index contributed by atoms with van der Waals surface area (Å²) in [6.45, 7) is -0.717. The first-order valence-electron chi connectivity index (χ1n) is 9.95. The molecule has 1 aromatic carbocycles. The van der Waals surface area contributed by atoms with Crippen molar-refractivity contribution < 1.29 is 34.8 Å². The molecular weight excluding hydrogens is 478 g/mol. The first-order chi connectivity index (χ1) is 15.4. The van der Waals surface area contributed by atoms with Gasteiger partial charge in [-0.25, -0.2) is 26.3 Å². The van der Waals surface area contributed by atoms with Crippen LogP contribution in [-0.4, -0.2) is 53.6 Å². The van der Waals surface area contributed by atoms with Crippen molar-refractivity contribution in [2.75, 3.05) is 26.2 Å². The molecule has 0 N–H and O–H groups in total. The minimum atomic E-state index is -4.84. The zero-order chi connectivity index (χ0) is 24.1. The van der Waals surface area contributed by atoms with E-state index in [4.69, 9.17) is 0 Å². The van der Waals surface area contributed by atoms with E-state index in [1.807, 2.05) is 0 Å². The van der Waals surface area contributed by atoms with Crippen LogP contribution in [0.15, 0.2) is 27.9 Å². The van der Waals surface area contributed by atoms with E-state index in [-0.39, 0.29) is 44.5 Å². The van der Waals surface area contributed by atoms with Crippen LogP contribution >= 0.6 is 0 Å². The van der Waals surface area contributed by atoms with Crippen molar-refractivity contribution in [2.24, 2.45) is 0 Å². The molecule has 2 heterocycles. The Balaban J connectivity index is 1.51. The minimum absolute atomic E-state index is 0.00630. The molecular formula is C19H18F6N4O3S. The first-order valence-corrected chi connectivity index (χ1v) is 11.4. The van der Waals surface area contributed by atoms with E-state index in [2.05, 4.69) is 5.10 Å². The fraction of sp³-hybridized carbons (Fsp3) is 0.474. The Bertz CT molecular complexity index is 1240. The molecule has 0 spiro atoms. The van der Waals surface area contributed by atoms with Crippen molar-refractivity contribution in [2.45, 2.75) is 36.5 Å². The van der Waals surface area contributed by atoms with Crippen molar-refractivity contribution in [3.8, 4) is 0 Å². The lowest BCUT2D eigenvalue weighted by molar-refractivity contribution is -0.139. The molecule has 1 aromatic heterocycles. The Kier molecular flexibility index (Phi) is 6.03. The Hall–Kier alpha value is -2.45. The number of hydrogen-bond acceptors (Lipinski definition) is 5. The lowest BCUT2D eigenvalue weighted by Gasteiger charge is -2.34. The van der Waals surface area contributed by atoms with E-state index in [0.29, 0.717) is 25.0 Å². The van der Waals surface area contributed by atoms with Gasteiger partial charge in [0.2, 0.25) is 10.0 Å². The summed E-state index contributed by atoms with van der Waals surface area (Å²) in [5.74, 6) is -5.40. The molecule has 1 aliphatic heterocycles. The summed E-state index contributed by atoms with van der Waals surface area (Å²) in [7, 11) is -4.48. The highest BCUT2D eigenvalue weighted by molar-refractivity contribution is 7.89. The molecule has 2 fully saturated rings. The van der Waals surface area contributed by atoms with E-state index in [1.54, 1.807) is 0 Å². The van der Waals surface area contributed by atoms with Crippen LogP contribution in [0.25, 0.3) is 0 Å². The lowest BCUT2D eigenvalue weighted by Crippen LogP contribution is -2.50. The molecule has 7 nitrogen and oxygen atoms in total. The van der Waals surface area contributed by atoms with Gasteiger partial charge in [-0.1, -0.05) is 0 Å². The highest BCUT2D eigenvalue weighted by atomic mass is 32.2. The number of aromatic nitrogens is 2. The van der Waals surface area contributed by atoms with Gasteiger partial charge in [-0.05, 0) is 31.0 Å². The average molecular weight is 496 g/mol. The van der Waals surface area contributed by atoms with Gasteiger partial charge in [0.05, 0.1) is 12.4 Å². The van der Waals surface area contributed by atoms with Crippen LogP contribution in [0.4, 0.5) is 26.3 Å². The molecule has 1 saturated carbocycles. The summed E-state index contributed by atoms with van der Waals surface area (Å²) in [6, 6.07) is 1.91. The van der Waals surface area contributed by atoms with Gasteiger partial charge in [0.25, 0.3) is 5.56 Å². The van der Waals surface area contributed by atoms with Crippen molar-refractivity contribution in [3.63, 3.8) is 0 Å². The fourth-order valence-corrected chi connectivity index (χ4v) is 5.07. The molecule has 1 saturated heterocycles. The Labute approximate surface area is 184 Å². The lowest BCUT2D eigenvalue weighted by atomic mass is 10.2. The molecule has 14 heteroatoms. The average Bonchev–Trinajstić information content (AvgIpc) is 3.58. The Morgan fingerprint density at radius 1 is 1.00 bits per heavy atom. The second kappa shape index (κ2) is 8.40. The highest BCUT2D eigenvalue weighted by Gasteiger charge is 2.38. The number of sulfonamides is 1. The normalized spacial score (nSPS) is 18.6. The van der Waals surface area contributed by atoms with E-state index >= 15 is 0 Å². The molecule has 2 aliphatic rings. The second-order valence-electron chi connectivity index (χ2n) is 7.90. The third kappa shape index (κ3) is 4.64. The van der Waals surface area contributed by atoms with Crippen LogP contribution < -0.4 is 5.56 Å². The number of piperazine rings is 1. The van der Waals surface area contributed by atoms with Gasteiger partial charge < -0.3 is 0 Å². The minimum Gasteiger partial charge on any atom is -0.282 e. The van der Waals surface area contributed by atoms with Crippen LogP contribution in [-0.2, 0) is 22.9 Å². The maximum Gasteiger partial charge on any atom is 0.421 e. The smallest absolute Gasteiger partial charge is 0.282 e. The van der Waals surface area contributed by atoms with Crippen LogP contribution in [0.5, 0.6) is 0 Å². The maximum atomic E-state index is 14.0. The van der Waals surface area contributed by atoms with Gasteiger partial charge in [0, 0.05) is 32.1 Å². The molecule has 4 rings (SSSR count). The third-order valence-corrected chi connectivity index (χ3v) is 7.49. The topological polar surface area (TPSA) is 75.5 Å². The summed E-state index contributed by atoms with van der Waals surface area (Å²) in [5, 5.41) is 4.05. The van der Waals surface area contributed by atoms with Gasteiger partial charge in [-0.15, -0.1) is 0 Å². The van der Waals surface area contributed by atoms with E-state index in [1.165, 1.54) is 4.90 Å². The number of halogens is 6. The maximum absolute atomic E-state index is 14.0. The summed E-state index contributed by atoms with van der Waals surface area (Å²) in [6.07, 6.45) is -3.48. The number of benzene rings is 1. The largest absolute Gasteiger partial charge is 0.421 e. The predicted octanol–water partition coefficient (Wildman–Crippen LogP) is 2.52. The fourth-order valence-electron chi connectivity index (χ4n) is 3.59. The van der Waals surface area contributed by atoms with Crippen molar-refractivity contribution in [1.29, 1.82) is 0 Å². The van der Waals surface area contributed by atoms with Crippen LogP contribution in [0, 0.1) is 17.5 Å². The van der Waals surface area contributed by atoms with Gasteiger partial charge in [-0.2, -0.15) is 22.6 Å². The van der Waals surface area contributed by atoms with Gasteiger partial charge in [0.1, 0.15) is 10.5 Å². The van der Waals surface area contributed by atoms with E-state index in [0.717, 1.165) is 15.1 Å². The van der Waals surface area contributed by atoms with Crippen molar-refractivity contribution in [1.82, 2.24) is 19.0 Å². The number of alkyl halides is 3. The number of rotatable bonds is 5. The standard InChI is InChI=1S/C19H18F6N4O3S/c20-13-3-4-15(17(22)16(13)21)33(31,32)28-7-5-27(6-8-28)10-29-18(30)12(19(23,24)25)9-14(26-29)11-1-2-11/h3-4,9,11H,1-2,5-8,10H2. The summed E-state index contributed by atoms with van der Waals surface area (Å²) in [5.41, 5.74) is -2.43. The predicted molar refractivity (Wildman–Crippen MR) is 102 cm³/mol. The van der Waals surface area contributed by atoms with Gasteiger partial charge in [0.15, 0.2) is 17.5 Å². The molecule has 1 aliphatic carbocycles. The number of hydrogen-bond donors (Lipinski definition) is 0. The van der Waals surface area contributed by atoms with Crippen molar-refractivity contribution in [3.05, 3.63) is 57.3 Å². The van der Waals surface area contributed by atoms with E-state index < -0.39 is 49.7 Å². The van der Waals surface area contributed by atoms with Crippen molar-refractivity contribution >= 4 is 10.0 Å². The quantitative estimate of drug-likeness (QED) is 0.470. The molecule has 33 heavy (non-hydrogen) atoms. The SMILES string of the molecule is O=c1c(C(F)(F)F)cc(C2CC2)nn1CN1CCN(S(=O)(=O)c2ccc(F)c(F)c2F)CC1. The molecule has 180 valence electrons. The highest BCUT2D eigenvalue weighted by Crippen LogP contribution is 2.40. The monoisotopic (exact) mass is 496 g/mol. The summed E-state index contributed by atoms with van der Waals surface area (Å²) >= 11 is 0. The second-order valence-corrected chi connectivity index (χ2v) is 9.80. The Morgan fingerprint density at radius 2 is 1.64 bits per heavy atom. The third-order valence-electron chi connectivity index (χ3n) is 5.58. The zero-order valence-electron chi connectivity index (χ0n) is 16.9. The summed E-state index contributed by atoms with van der Waals surface area (Å²) in [4.78, 5) is 12.8. The van der Waals surface area contributed by atoms with Crippen LogP contribution in [0.3, 0.4) is 0 Å². The number of nitrogens with zero attached hydrogens (tertiary/aromatic N) is 4. The van der Waals surface area contributed by atoms with E-state index in [9.17, 15) is 39.6 Å². The molecule has 0 atom stereocenters. The molecule has 0 unspecified atom stereocenters. The molecule has 0 bridgehead atoms.